The molecule has 0 amide bonds. The van der Waals surface area contributed by atoms with Crippen molar-refractivity contribution < 1.29 is 9.47 Å². The summed E-state index contributed by atoms with van der Waals surface area (Å²) in [7, 11) is 0. The van der Waals surface area contributed by atoms with Crippen LogP contribution in [0.5, 0.6) is 0 Å². The van der Waals surface area contributed by atoms with Gasteiger partial charge in [0.05, 0.1) is 19.8 Å². The molecular weight excluding hydrogens is 188 g/mol. The van der Waals surface area contributed by atoms with E-state index in [2.05, 4.69) is 20.8 Å². The van der Waals surface area contributed by atoms with Gasteiger partial charge in [-0.15, -0.1) is 0 Å². The molecule has 1 atom stereocenters. The van der Waals surface area contributed by atoms with Crippen molar-refractivity contribution in [3.05, 3.63) is 0 Å². The van der Waals surface area contributed by atoms with E-state index >= 15 is 0 Å². The first kappa shape index (κ1) is 13.0. The molecule has 90 valence electrons. The molecule has 1 unspecified atom stereocenters. The van der Waals surface area contributed by atoms with Crippen molar-refractivity contribution in [1.29, 1.82) is 0 Å². The third-order valence-corrected chi connectivity index (χ3v) is 3.25. The molecule has 0 spiro atoms. The van der Waals surface area contributed by atoms with Crippen LogP contribution >= 0.6 is 0 Å². The molecule has 1 heterocycles. The maximum absolute atomic E-state index is 5.81. The van der Waals surface area contributed by atoms with E-state index in [0.717, 1.165) is 32.3 Å². The summed E-state index contributed by atoms with van der Waals surface area (Å²) in [6.07, 6.45) is 5.19. The van der Waals surface area contributed by atoms with Gasteiger partial charge in [-0.05, 0) is 12.3 Å². The lowest BCUT2D eigenvalue weighted by molar-refractivity contribution is -0.140. The van der Waals surface area contributed by atoms with Gasteiger partial charge in [0.25, 0.3) is 0 Å². The van der Waals surface area contributed by atoms with E-state index in [1.165, 1.54) is 25.7 Å². The van der Waals surface area contributed by atoms with Gasteiger partial charge in [-0.3, -0.25) is 0 Å². The first-order chi connectivity index (χ1) is 7.20. The summed E-state index contributed by atoms with van der Waals surface area (Å²) in [6.45, 7) is 10.3. The Morgan fingerprint density at radius 2 is 2.07 bits per heavy atom. The number of ether oxygens (including phenoxy) is 2. The van der Waals surface area contributed by atoms with Gasteiger partial charge in [-0.25, -0.2) is 0 Å². The van der Waals surface area contributed by atoms with Crippen molar-refractivity contribution in [2.45, 2.75) is 46.5 Å². The molecule has 1 rings (SSSR count). The Morgan fingerprint density at radius 1 is 1.33 bits per heavy atom. The molecule has 0 aromatic carbocycles. The van der Waals surface area contributed by atoms with Crippen LogP contribution in [0.25, 0.3) is 0 Å². The molecule has 15 heavy (non-hydrogen) atoms. The summed E-state index contributed by atoms with van der Waals surface area (Å²) in [6, 6.07) is 0. The van der Waals surface area contributed by atoms with E-state index in [1.54, 1.807) is 0 Å². The Labute approximate surface area is 94.3 Å². The largest absolute Gasteiger partial charge is 0.380 e. The summed E-state index contributed by atoms with van der Waals surface area (Å²) >= 11 is 0. The molecule has 0 saturated carbocycles. The highest BCUT2D eigenvalue weighted by Crippen LogP contribution is 2.27. The fourth-order valence-electron chi connectivity index (χ4n) is 1.90. The third-order valence-electron chi connectivity index (χ3n) is 3.25. The molecule has 2 heteroatoms. The third kappa shape index (κ3) is 4.52. The normalized spacial score (nSPS) is 21.0. The van der Waals surface area contributed by atoms with Crippen LogP contribution in [0.15, 0.2) is 0 Å². The molecular formula is C13H26O2. The highest BCUT2D eigenvalue weighted by atomic mass is 16.5. The van der Waals surface area contributed by atoms with Crippen molar-refractivity contribution in [1.82, 2.24) is 0 Å². The van der Waals surface area contributed by atoms with Crippen LogP contribution in [0.2, 0.25) is 0 Å². The van der Waals surface area contributed by atoms with E-state index in [9.17, 15) is 0 Å². The van der Waals surface area contributed by atoms with Crippen molar-refractivity contribution in [3.8, 4) is 0 Å². The maximum Gasteiger partial charge on any atom is 0.0564 e. The summed E-state index contributed by atoms with van der Waals surface area (Å²) in [5.74, 6) is 0.759. The van der Waals surface area contributed by atoms with Crippen LogP contribution in [0, 0.1) is 11.3 Å². The molecule has 2 nitrogen and oxygen atoms in total. The second-order valence-electron chi connectivity index (χ2n) is 5.24. The second-order valence-corrected chi connectivity index (χ2v) is 5.24. The molecule has 1 aliphatic rings. The molecule has 0 aromatic heterocycles. The van der Waals surface area contributed by atoms with Gasteiger partial charge < -0.3 is 9.47 Å². The highest BCUT2D eigenvalue weighted by molar-refractivity contribution is 4.80. The van der Waals surface area contributed by atoms with Crippen LogP contribution < -0.4 is 0 Å². The van der Waals surface area contributed by atoms with Gasteiger partial charge in [0.2, 0.25) is 0 Å². The van der Waals surface area contributed by atoms with E-state index in [-0.39, 0.29) is 0 Å². The van der Waals surface area contributed by atoms with Crippen molar-refractivity contribution in [2.75, 3.05) is 26.4 Å². The van der Waals surface area contributed by atoms with Gasteiger partial charge in [0, 0.05) is 12.0 Å². The molecule has 0 radical (unpaired) electrons. The van der Waals surface area contributed by atoms with Crippen molar-refractivity contribution in [2.24, 2.45) is 11.3 Å². The maximum atomic E-state index is 5.81. The smallest absolute Gasteiger partial charge is 0.0564 e. The zero-order chi connectivity index (χ0) is 11.1. The SMILES string of the molecule is CCCCC(CC)COCC1(C)COC1. The minimum absolute atomic E-state index is 0.309. The number of unbranched alkanes of at least 4 members (excludes halogenated alkanes) is 1. The van der Waals surface area contributed by atoms with Gasteiger partial charge in [0.15, 0.2) is 0 Å². The van der Waals surface area contributed by atoms with Crippen LogP contribution in [0.1, 0.15) is 46.5 Å². The van der Waals surface area contributed by atoms with E-state index < -0.39 is 0 Å². The van der Waals surface area contributed by atoms with E-state index in [1.807, 2.05) is 0 Å². The lowest BCUT2D eigenvalue weighted by Crippen LogP contribution is -2.43. The van der Waals surface area contributed by atoms with Crippen molar-refractivity contribution in [3.63, 3.8) is 0 Å². The summed E-state index contributed by atoms with van der Waals surface area (Å²) in [4.78, 5) is 0. The molecule has 0 N–H and O–H groups in total. The lowest BCUT2D eigenvalue weighted by Gasteiger charge is -2.37. The minimum Gasteiger partial charge on any atom is -0.380 e. The quantitative estimate of drug-likeness (QED) is 0.617. The van der Waals surface area contributed by atoms with Gasteiger partial charge >= 0.3 is 0 Å². The van der Waals surface area contributed by atoms with Crippen LogP contribution in [-0.4, -0.2) is 26.4 Å². The van der Waals surface area contributed by atoms with Gasteiger partial charge in [-0.1, -0.05) is 40.0 Å². The molecule has 1 saturated heterocycles. The molecule has 1 fully saturated rings. The molecule has 0 aromatic rings. The minimum atomic E-state index is 0.309. The standard InChI is InChI=1S/C13H26O2/c1-4-6-7-12(5-2)8-14-9-13(3)10-15-11-13/h12H,4-11H2,1-3H3. The van der Waals surface area contributed by atoms with Gasteiger partial charge in [-0.2, -0.15) is 0 Å². The summed E-state index contributed by atoms with van der Waals surface area (Å²) < 4.78 is 11.0. The zero-order valence-electron chi connectivity index (χ0n) is 10.6. The Hall–Kier alpha value is -0.0800. The fourth-order valence-corrected chi connectivity index (χ4v) is 1.90. The average Bonchev–Trinajstić information content (AvgIpc) is 2.20. The Kier molecular flexibility index (Phi) is 5.62. The first-order valence-electron chi connectivity index (χ1n) is 6.35. The summed E-state index contributed by atoms with van der Waals surface area (Å²) in [5.41, 5.74) is 0.309. The molecule has 0 bridgehead atoms. The Morgan fingerprint density at radius 3 is 2.53 bits per heavy atom. The zero-order valence-corrected chi connectivity index (χ0v) is 10.6. The first-order valence-corrected chi connectivity index (χ1v) is 6.35. The molecule has 0 aliphatic carbocycles. The average molecular weight is 214 g/mol. The van der Waals surface area contributed by atoms with E-state index in [4.69, 9.17) is 9.47 Å². The predicted octanol–water partition coefficient (Wildman–Crippen LogP) is 3.26. The summed E-state index contributed by atoms with van der Waals surface area (Å²) in [5, 5.41) is 0. The predicted molar refractivity (Wildman–Crippen MR) is 63.1 cm³/mol. The Balaban J connectivity index is 2.05. The molecule has 1 aliphatic heterocycles. The highest BCUT2D eigenvalue weighted by Gasteiger charge is 2.33. The topological polar surface area (TPSA) is 18.5 Å². The number of hydrogen-bond acceptors (Lipinski definition) is 2. The second kappa shape index (κ2) is 6.49. The number of hydrogen-bond donors (Lipinski definition) is 0. The van der Waals surface area contributed by atoms with Crippen LogP contribution in [-0.2, 0) is 9.47 Å². The van der Waals surface area contributed by atoms with E-state index in [0.29, 0.717) is 5.41 Å². The van der Waals surface area contributed by atoms with Gasteiger partial charge in [0.1, 0.15) is 0 Å². The fraction of sp³-hybridized carbons (Fsp3) is 1.00. The monoisotopic (exact) mass is 214 g/mol. The lowest BCUT2D eigenvalue weighted by atomic mass is 9.90. The van der Waals surface area contributed by atoms with Crippen LogP contribution in [0.3, 0.4) is 0 Å². The number of rotatable bonds is 8. The Bertz CT molecular complexity index is 164. The van der Waals surface area contributed by atoms with Crippen molar-refractivity contribution >= 4 is 0 Å². The van der Waals surface area contributed by atoms with Crippen LogP contribution in [0.4, 0.5) is 0 Å².